The van der Waals surface area contributed by atoms with Crippen molar-refractivity contribution in [2.75, 3.05) is 26.3 Å². The first-order valence-corrected chi connectivity index (χ1v) is 13.4. The molecule has 0 heterocycles. The minimum Gasteiger partial charge on any atom is -0.460 e. The van der Waals surface area contributed by atoms with Crippen LogP contribution in [-0.4, -0.2) is 84.7 Å². The van der Waals surface area contributed by atoms with Crippen molar-refractivity contribution in [2.24, 2.45) is 0 Å². The molecule has 2 N–H and O–H groups in total. The summed E-state index contributed by atoms with van der Waals surface area (Å²) in [6, 6.07) is -1.79. The van der Waals surface area contributed by atoms with Crippen molar-refractivity contribution >= 4 is 23.9 Å². The van der Waals surface area contributed by atoms with Crippen molar-refractivity contribution in [3.05, 3.63) is 0 Å². The van der Waals surface area contributed by atoms with E-state index >= 15 is 0 Å². The van der Waals surface area contributed by atoms with Gasteiger partial charge in [0.05, 0.1) is 26.1 Å². The standard InChI is InChI=1S/C28H52N2O9/c1-25(2,3)36-21(31)17-19(23(33)38-27(7,8)9)29-13-15-35-16-14-30-20(24(34)39-28(10,11)12)18-22(32)37-26(4,5)6/h19-20,29-30H,13-18H2,1-12H3. The maximum atomic E-state index is 12.6. The summed E-state index contributed by atoms with van der Waals surface area (Å²) in [6.07, 6.45) is -0.369. The molecule has 11 heteroatoms. The van der Waals surface area contributed by atoms with Gasteiger partial charge in [0.2, 0.25) is 0 Å². The molecule has 2 atom stereocenters. The average Bonchev–Trinajstić information content (AvgIpc) is 2.65. The average molecular weight is 561 g/mol. The van der Waals surface area contributed by atoms with Gasteiger partial charge in [0.1, 0.15) is 34.5 Å². The fourth-order valence-electron chi connectivity index (χ4n) is 3.04. The number of rotatable bonds is 14. The smallest absolute Gasteiger partial charge is 0.324 e. The predicted octanol–water partition coefficient (Wildman–Crippen LogP) is 3.07. The van der Waals surface area contributed by atoms with Gasteiger partial charge in [-0.05, 0) is 83.1 Å². The maximum Gasteiger partial charge on any atom is 0.324 e. The molecule has 0 bridgehead atoms. The molecule has 0 spiro atoms. The van der Waals surface area contributed by atoms with E-state index in [9.17, 15) is 19.2 Å². The van der Waals surface area contributed by atoms with Crippen molar-refractivity contribution < 1.29 is 42.9 Å². The molecule has 39 heavy (non-hydrogen) atoms. The molecule has 0 radical (unpaired) electrons. The zero-order valence-corrected chi connectivity index (χ0v) is 26.1. The Morgan fingerprint density at radius 1 is 0.513 bits per heavy atom. The summed E-state index contributed by atoms with van der Waals surface area (Å²) < 4.78 is 27.1. The lowest BCUT2D eigenvalue weighted by atomic mass is 10.1. The van der Waals surface area contributed by atoms with E-state index in [4.69, 9.17) is 23.7 Å². The Balaban J connectivity index is 4.85. The topological polar surface area (TPSA) is 138 Å². The summed E-state index contributed by atoms with van der Waals surface area (Å²) in [5.74, 6) is -2.15. The second-order valence-electron chi connectivity index (χ2n) is 13.3. The van der Waals surface area contributed by atoms with Crippen molar-refractivity contribution in [3.8, 4) is 0 Å². The Labute approximate surface area is 234 Å². The van der Waals surface area contributed by atoms with Crippen LogP contribution in [-0.2, 0) is 42.9 Å². The highest BCUT2D eigenvalue weighted by atomic mass is 16.6. The molecule has 0 fully saturated rings. The van der Waals surface area contributed by atoms with Crippen LogP contribution in [0.15, 0.2) is 0 Å². The van der Waals surface area contributed by atoms with E-state index in [0.29, 0.717) is 0 Å². The van der Waals surface area contributed by atoms with E-state index in [1.807, 2.05) is 0 Å². The predicted molar refractivity (Wildman–Crippen MR) is 147 cm³/mol. The van der Waals surface area contributed by atoms with Gasteiger partial charge in [0.25, 0.3) is 0 Å². The van der Waals surface area contributed by atoms with E-state index in [2.05, 4.69) is 10.6 Å². The molecule has 2 unspecified atom stereocenters. The molecule has 0 rings (SSSR count). The number of nitrogens with one attached hydrogen (secondary N) is 2. The van der Waals surface area contributed by atoms with Gasteiger partial charge in [-0.3, -0.25) is 19.2 Å². The molecule has 0 aliphatic carbocycles. The van der Waals surface area contributed by atoms with Crippen LogP contribution in [0, 0.1) is 0 Å². The Morgan fingerprint density at radius 3 is 1.05 bits per heavy atom. The van der Waals surface area contributed by atoms with Crippen LogP contribution in [0.1, 0.15) is 95.9 Å². The highest BCUT2D eigenvalue weighted by Gasteiger charge is 2.30. The molecule has 0 aliphatic heterocycles. The Hall–Kier alpha value is -2.24. The van der Waals surface area contributed by atoms with Crippen LogP contribution in [0.2, 0.25) is 0 Å². The highest BCUT2D eigenvalue weighted by Crippen LogP contribution is 2.14. The van der Waals surface area contributed by atoms with Gasteiger partial charge >= 0.3 is 23.9 Å². The Kier molecular flexibility index (Phi) is 14.6. The van der Waals surface area contributed by atoms with Gasteiger partial charge in [-0.25, -0.2) is 0 Å². The van der Waals surface area contributed by atoms with Gasteiger partial charge in [-0.15, -0.1) is 0 Å². The maximum absolute atomic E-state index is 12.6. The zero-order chi connectivity index (χ0) is 30.7. The fourth-order valence-corrected chi connectivity index (χ4v) is 3.04. The van der Waals surface area contributed by atoms with Crippen molar-refractivity contribution in [1.29, 1.82) is 0 Å². The van der Waals surface area contributed by atoms with E-state index < -0.39 is 58.4 Å². The minimum atomic E-state index is -0.897. The third-order valence-electron chi connectivity index (χ3n) is 4.24. The summed E-state index contributed by atoms with van der Waals surface area (Å²) in [7, 11) is 0. The molecule has 228 valence electrons. The number of carbonyl (C=O) groups is 4. The molecular weight excluding hydrogens is 508 g/mol. The molecule has 0 amide bonds. The second kappa shape index (κ2) is 15.5. The van der Waals surface area contributed by atoms with Gasteiger partial charge in [-0.2, -0.15) is 0 Å². The highest BCUT2D eigenvalue weighted by molar-refractivity contribution is 5.83. The van der Waals surface area contributed by atoms with E-state index in [1.165, 1.54) is 0 Å². The normalized spacial score (nSPS) is 14.3. The molecule has 0 aromatic carbocycles. The lowest BCUT2D eigenvalue weighted by molar-refractivity contribution is -0.164. The van der Waals surface area contributed by atoms with Crippen LogP contribution < -0.4 is 10.6 Å². The van der Waals surface area contributed by atoms with Gasteiger partial charge in [0.15, 0.2) is 0 Å². The monoisotopic (exact) mass is 560 g/mol. The van der Waals surface area contributed by atoms with Gasteiger partial charge in [0, 0.05) is 13.1 Å². The zero-order valence-electron chi connectivity index (χ0n) is 26.1. The molecule has 0 saturated carbocycles. The first kappa shape index (κ1) is 36.8. The van der Waals surface area contributed by atoms with Crippen LogP contribution in [0.4, 0.5) is 0 Å². The number of hydrogen-bond donors (Lipinski definition) is 2. The SMILES string of the molecule is CC(C)(C)OC(=O)CC(NCCOCCNC(CC(=O)OC(C)(C)C)C(=O)OC(C)(C)C)C(=O)OC(C)(C)C. The minimum absolute atomic E-state index is 0.185. The van der Waals surface area contributed by atoms with Gasteiger partial charge < -0.3 is 34.3 Å². The third-order valence-corrected chi connectivity index (χ3v) is 4.24. The third kappa shape index (κ3) is 21.3. The largest absolute Gasteiger partial charge is 0.460 e. The van der Waals surface area contributed by atoms with Crippen molar-refractivity contribution in [3.63, 3.8) is 0 Å². The van der Waals surface area contributed by atoms with Crippen molar-refractivity contribution in [1.82, 2.24) is 10.6 Å². The Bertz CT molecular complexity index is 734. The van der Waals surface area contributed by atoms with Crippen molar-refractivity contribution in [2.45, 2.75) is 130 Å². The Morgan fingerprint density at radius 2 is 0.795 bits per heavy atom. The first-order chi connectivity index (χ1) is 17.5. The fraction of sp³-hybridized carbons (Fsp3) is 0.857. The number of carbonyl (C=O) groups excluding carboxylic acids is 4. The molecular formula is C28H52N2O9. The number of hydrogen-bond acceptors (Lipinski definition) is 11. The summed E-state index contributed by atoms with van der Waals surface area (Å²) >= 11 is 0. The second-order valence-corrected chi connectivity index (χ2v) is 13.3. The summed E-state index contributed by atoms with van der Waals surface area (Å²) in [4.78, 5) is 49.8. The van der Waals surface area contributed by atoms with Gasteiger partial charge in [-0.1, -0.05) is 0 Å². The number of esters is 4. The van der Waals surface area contributed by atoms with Crippen LogP contribution in [0.3, 0.4) is 0 Å². The summed E-state index contributed by atoms with van der Waals surface area (Å²) in [6.45, 7) is 22.0. The van der Waals surface area contributed by atoms with E-state index in [0.717, 1.165) is 0 Å². The van der Waals surface area contributed by atoms with Crippen LogP contribution in [0.25, 0.3) is 0 Å². The van der Waals surface area contributed by atoms with E-state index in [-0.39, 0.29) is 39.1 Å². The molecule has 0 aliphatic rings. The summed E-state index contributed by atoms with van der Waals surface area (Å²) in [5.41, 5.74) is -2.77. The lowest BCUT2D eigenvalue weighted by Crippen LogP contribution is -2.45. The molecule has 11 nitrogen and oxygen atoms in total. The van der Waals surface area contributed by atoms with Crippen LogP contribution >= 0.6 is 0 Å². The van der Waals surface area contributed by atoms with E-state index in [1.54, 1.807) is 83.1 Å². The lowest BCUT2D eigenvalue weighted by Gasteiger charge is -2.26. The first-order valence-electron chi connectivity index (χ1n) is 13.4. The molecule has 0 saturated heterocycles. The van der Waals surface area contributed by atoms with Crippen LogP contribution in [0.5, 0.6) is 0 Å². The quantitative estimate of drug-likeness (QED) is 0.184. The molecule has 0 aromatic heterocycles. The molecule has 0 aromatic rings. The number of ether oxygens (including phenoxy) is 5. The summed E-state index contributed by atoms with van der Waals surface area (Å²) in [5, 5.41) is 5.99.